The minimum absolute atomic E-state index is 0.225. The molecule has 9 heteroatoms. The van der Waals surface area contributed by atoms with Crippen LogP contribution in [-0.2, 0) is 11.0 Å². The van der Waals surface area contributed by atoms with Crippen molar-refractivity contribution in [3.63, 3.8) is 0 Å². The van der Waals surface area contributed by atoms with Crippen molar-refractivity contribution in [3.05, 3.63) is 22.3 Å². The molecule has 0 saturated carbocycles. The molecule has 0 aromatic carbocycles. The molecule has 0 fully saturated rings. The lowest BCUT2D eigenvalue weighted by Crippen LogP contribution is -2.21. The first-order valence-corrected chi connectivity index (χ1v) is 4.83. The lowest BCUT2D eigenvalue weighted by molar-refractivity contribution is -0.137. The van der Waals surface area contributed by atoms with E-state index in [0.717, 1.165) is 0 Å². The minimum Gasteiger partial charge on any atom is -0.306 e. The maximum atomic E-state index is 12.3. The topological polar surface area (TPSA) is 42.0 Å². The largest absolute Gasteiger partial charge is 0.416 e. The van der Waals surface area contributed by atoms with E-state index < -0.39 is 29.9 Å². The first kappa shape index (κ1) is 13.8. The number of hydrogen-bond acceptors (Lipinski definition) is 2. The number of nitrogens with one attached hydrogen (secondary N) is 1. The van der Waals surface area contributed by atoms with Gasteiger partial charge in [-0.3, -0.25) is 4.79 Å². The monoisotopic (exact) mass is 318 g/mol. The third kappa shape index (κ3) is 3.91. The van der Waals surface area contributed by atoms with Gasteiger partial charge in [0.15, 0.2) is 0 Å². The quantitative estimate of drug-likeness (QED) is 0.672. The first-order valence-electron chi connectivity index (χ1n) is 4.04. The van der Waals surface area contributed by atoms with Crippen LogP contribution < -0.4 is 5.32 Å². The molecule has 0 radical (unpaired) electrons. The van der Waals surface area contributed by atoms with Crippen LogP contribution in [0.4, 0.5) is 27.8 Å². The summed E-state index contributed by atoms with van der Waals surface area (Å²) in [7, 11) is 0. The number of rotatable bonds is 2. The van der Waals surface area contributed by atoms with Gasteiger partial charge in [-0.25, -0.2) is 4.98 Å². The molecule has 0 aliphatic carbocycles. The minimum atomic E-state index is -4.66. The molecule has 0 bridgehead atoms. The smallest absolute Gasteiger partial charge is 0.306 e. The van der Waals surface area contributed by atoms with Crippen molar-refractivity contribution >= 4 is 27.7 Å². The summed E-state index contributed by atoms with van der Waals surface area (Å²) in [6.07, 6.45) is -7.99. The number of anilines is 1. The van der Waals surface area contributed by atoms with Crippen LogP contribution in [0.3, 0.4) is 0 Å². The lowest BCUT2D eigenvalue weighted by Gasteiger charge is -2.09. The summed E-state index contributed by atoms with van der Waals surface area (Å²) in [6.45, 7) is 0. The second-order valence-corrected chi connectivity index (χ2v) is 3.66. The summed E-state index contributed by atoms with van der Waals surface area (Å²) >= 11 is 2.68. The number of carbonyl (C=O) groups excluding carboxylic acids is 1. The number of pyridine rings is 1. The van der Waals surface area contributed by atoms with Crippen LogP contribution >= 0.6 is 15.9 Å². The number of alkyl halides is 5. The summed E-state index contributed by atoms with van der Waals surface area (Å²) < 4.78 is 60.5. The summed E-state index contributed by atoms with van der Waals surface area (Å²) in [6, 6.07) is 1.13. The van der Waals surface area contributed by atoms with E-state index in [1.807, 2.05) is 0 Å². The van der Waals surface area contributed by atoms with Crippen molar-refractivity contribution in [2.24, 2.45) is 0 Å². The standard InChI is InChI=1S/C8H4BrF5N2O/c9-4-1-3(8(12,13)14)2-5(15-4)16-7(17)6(10)11/h1-2,6H,(H,15,16,17). The SMILES string of the molecule is O=C(Nc1cc(C(F)(F)F)cc(Br)n1)C(F)F. The van der Waals surface area contributed by atoms with Crippen molar-refractivity contribution in [2.75, 3.05) is 5.32 Å². The van der Waals surface area contributed by atoms with Gasteiger partial charge in [0.25, 0.3) is 5.91 Å². The Bertz CT molecular complexity index is 434. The van der Waals surface area contributed by atoms with E-state index in [-0.39, 0.29) is 4.60 Å². The molecule has 0 saturated heterocycles. The molecule has 1 N–H and O–H groups in total. The maximum Gasteiger partial charge on any atom is 0.416 e. The maximum absolute atomic E-state index is 12.3. The molecule has 94 valence electrons. The summed E-state index contributed by atoms with van der Waals surface area (Å²) in [5.74, 6) is -2.32. The molecular formula is C8H4BrF5N2O. The zero-order chi connectivity index (χ0) is 13.2. The Kier molecular flexibility index (Phi) is 4.02. The van der Waals surface area contributed by atoms with E-state index in [0.29, 0.717) is 12.1 Å². The van der Waals surface area contributed by atoms with Crippen LogP contribution in [0, 0.1) is 0 Å². The normalized spacial score (nSPS) is 11.7. The Morgan fingerprint density at radius 3 is 2.41 bits per heavy atom. The highest BCUT2D eigenvalue weighted by atomic mass is 79.9. The second kappa shape index (κ2) is 4.94. The van der Waals surface area contributed by atoms with Gasteiger partial charge >= 0.3 is 12.6 Å². The van der Waals surface area contributed by atoms with Crippen molar-refractivity contribution in [3.8, 4) is 0 Å². The van der Waals surface area contributed by atoms with E-state index >= 15 is 0 Å². The summed E-state index contributed by atoms with van der Waals surface area (Å²) in [5.41, 5.74) is -1.11. The third-order valence-corrected chi connectivity index (χ3v) is 1.98. The average molecular weight is 319 g/mol. The third-order valence-electron chi connectivity index (χ3n) is 1.57. The van der Waals surface area contributed by atoms with E-state index in [1.165, 1.54) is 0 Å². The van der Waals surface area contributed by atoms with Gasteiger partial charge in [-0.15, -0.1) is 0 Å². The Morgan fingerprint density at radius 2 is 1.94 bits per heavy atom. The molecule has 0 spiro atoms. The predicted molar refractivity (Wildman–Crippen MR) is 51.6 cm³/mol. The van der Waals surface area contributed by atoms with Crippen molar-refractivity contribution in [1.29, 1.82) is 0 Å². The Morgan fingerprint density at radius 1 is 1.35 bits per heavy atom. The fourth-order valence-electron chi connectivity index (χ4n) is 0.905. The predicted octanol–water partition coefficient (Wildman–Crippen LogP) is 3.07. The van der Waals surface area contributed by atoms with Gasteiger partial charge in [0.05, 0.1) is 5.56 Å². The number of hydrogen-bond donors (Lipinski definition) is 1. The molecular weight excluding hydrogens is 315 g/mol. The van der Waals surface area contributed by atoms with E-state index in [4.69, 9.17) is 0 Å². The molecule has 0 aliphatic rings. The van der Waals surface area contributed by atoms with Crippen LogP contribution in [-0.4, -0.2) is 17.3 Å². The summed E-state index contributed by atoms with van der Waals surface area (Å²) in [4.78, 5) is 14.0. The number of amides is 1. The fourth-order valence-corrected chi connectivity index (χ4v) is 1.34. The molecule has 0 atom stereocenters. The van der Waals surface area contributed by atoms with Crippen molar-refractivity contribution in [2.45, 2.75) is 12.6 Å². The molecule has 1 amide bonds. The van der Waals surface area contributed by atoms with E-state index in [1.54, 1.807) is 5.32 Å². The van der Waals surface area contributed by atoms with E-state index in [9.17, 15) is 26.7 Å². The van der Waals surface area contributed by atoms with Gasteiger partial charge < -0.3 is 5.32 Å². The highest BCUT2D eigenvalue weighted by molar-refractivity contribution is 9.10. The number of halogens is 6. The Hall–Kier alpha value is -1.25. The zero-order valence-corrected chi connectivity index (χ0v) is 9.44. The number of nitrogens with zero attached hydrogens (tertiary/aromatic N) is 1. The molecule has 0 unspecified atom stereocenters. The van der Waals surface area contributed by atoms with Crippen molar-refractivity contribution < 1.29 is 26.7 Å². The van der Waals surface area contributed by atoms with Gasteiger partial charge in [0.1, 0.15) is 10.4 Å². The highest BCUT2D eigenvalue weighted by Gasteiger charge is 2.31. The Labute approximate surface area is 100 Å². The first-order chi connectivity index (χ1) is 7.70. The summed E-state index contributed by atoms with van der Waals surface area (Å²) in [5, 5.41) is 1.56. The molecule has 1 heterocycles. The molecule has 0 aliphatic heterocycles. The second-order valence-electron chi connectivity index (χ2n) is 2.85. The lowest BCUT2D eigenvalue weighted by atomic mass is 10.2. The van der Waals surface area contributed by atoms with Gasteiger partial charge in [0.2, 0.25) is 0 Å². The van der Waals surface area contributed by atoms with E-state index in [2.05, 4.69) is 20.9 Å². The van der Waals surface area contributed by atoms with Crippen LogP contribution in [0.2, 0.25) is 0 Å². The van der Waals surface area contributed by atoms with Crippen LogP contribution in [0.25, 0.3) is 0 Å². The van der Waals surface area contributed by atoms with Gasteiger partial charge in [0, 0.05) is 0 Å². The zero-order valence-electron chi connectivity index (χ0n) is 7.86. The van der Waals surface area contributed by atoms with Crippen molar-refractivity contribution in [1.82, 2.24) is 4.98 Å². The van der Waals surface area contributed by atoms with Gasteiger partial charge in [-0.1, -0.05) is 0 Å². The average Bonchev–Trinajstić information content (AvgIpc) is 2.15. The molecule has 3 nitrogen and oxygen atoms in total. The van der Waals surface area contributed by atoms with Crippen LogP contribution in [0.5, 0.6) is 0 Å². The van der Waals surface area contributed by atoms with Crippen LogP contribution in [0.1, 0.15) is 5.56 Å². The molecule has 17 heavy (non-hydrogen) atoms. The molecule has 1 rings (SSSR count). The Balaban J connectivity index is 3.02. The van der Waals surface area contributed by atoms with Crippen LogP contribution in [0.15, 0.2) is 16.7 Å². The molecule has 1 aromatic rings. The number of aromatic nitrogens is 1. The number of carbonyl (C=O) groups is 1. The van der Waals surface area contributed by atoms with Gasteiger partial charge in [-0.2, -0.15) is 22.0 Å². The fraction of sp³-hybridized carbons (Fsp3) is 0.250. The molecule has 1 aromatic heterocycles. The van der Waals surface area contributed by atoms with Gasteiger partial charge in [-0.05, 0) is 28.1 Å². The highest BCUT2D eigenvalue weighted by Crippen LogP contribution is 2.32.